The first-order chi connectivity index (χ1) is 10.0. The van der Waals surface area contributed by atoms with Gasteiger partial charge in [0.1, 0.15) is 11.9 Å². The predicted octanol–water partition coefficient (Wildman–Crippen LogP) is 3.70. The van der Waals surface area contributed by atoms with Crippen molar-refractivity contribution in [2.45, 2.75) is 31.8 Å². The number of rotatable bonds is 6. The summed E-state index contributed by atoms with van der Waals surface area (Å²) in [5, 5.41) is 9.68. The molecule has 21 heavy (non-hydrogen) atoms. The van der Waals surface area contributed by atoms with Gasteiger partial charge in [0, 0.05) is 19.0 Å². The van der Waals surface area contributed by atoms with Crippen molar-refractivity contribution in [3.05, 3.63) is 28.2 Å². The Hall–Kier alpha value is -0.970. The zero-order valence-electron chi connectivity index (χ0n) is 11.7. The molecule has 0 amide bonds. The summed E-state index contributed by atoms with van der Waals surface area (Å²) in [6.07, 6.45) is 3.05. The van der Waals surface area contributed by atoms with Crippen LogP contribution in [0.4, 0.5) is 0 Å². The van der Waals surface area contributed by atoms with Gasteiger partial charge in [0.2, 0.25) is 0 Å². The molecular weight excluding hydrogens is 313 g/mol. The van der Waals surface area contributed by atoms with Gasteiger partial charge in [0.15, 0.2) is 0 Å². The molecule has 1 atom stereocenters. The number of benzene rings is 1. The van der Waals surface area contributed by atoms with Crippen LogP contribution in [0.2, 0.25) is 10.0 Å². The van der Waals surface area contributed by atoms with Gasteiger partial charge in [0.05, 0.1) is 10.0 Å². The first-order valence-electron chi connectivity index (χ1n) is 7.10. The molecule has 1 aromatic carbocycles. The van der Waals surface area contributed by atoms with Crippen LogP contribution in [-0.2, 0) is 4.79 Å². The van der Waals surface area contributed by atoms with Gasteiger partial charge in [-0.1, -0.05) is 23.2 Å². The predicted molar refractivity (Wildman–Crippen MR) is 83.4 cm³/mol. The lowest BCUT2D eigenvalue weighted by molar-refractivity contribution is -0.137. The summed E-state index contributed by atoms with van der Waals surface area (Å²) in [4.78, 5) is 12.8. The van der Waals surface area contributed by atoms with Crippen molar-refractivity contribution in [2.75, 3.05) is 19.6 Å². The minimum atomic E-state index is -0.740. The van der Waals surface area contributed by atoms with E-state index in [0.717, 1.165) is 38.2 Å². The summed E-state index contributed by atoms with van der Waals surface area (Å²) >= 11 is 11.9. The van der Waals surface area contributed by atoms with Crippen molar-refractivity contribution in [1.29, 1.82) is 0 Å². The van der Waals surface area contributed by atoms with E-state index in [-0.39, 0.29) is 12.5 Å². The second kappa shape index (κ2) is 7.87. The Morgan fingerprint density at radius 2 is 2.19 bits per heavy atom. The fraction of sp³-hybridized carbons (Fsp3) is 0.533. The van der Waals surface area contributed by atoms with E-state index in [1.807, 2.05) is 6.07 Å². The average Bonchev–Trinajstić information content (AvgIpc) is 2.43. The highest BCUT2D eigenvalue weighted by atomic mass is 35.5. The Labute approximate surface area is 134 Å². The van der Waals surface area contributed by atoms with E-state index in [1.54, 1.807) is 12.1 Å². The quantitative estimate of drug-likeness (QED) is 0.863. The lowest BCUT2D eigenvalue weighted by atomic mass is 10.1. The fourth-order valence-corrected chi connectivity index (χ4v) is 2.80. The maximum atomic E-state index is 10.5. The second-order valence-corrected chi connectivity index (χ2v) is 6.07. The van der Waals surface area contributed by atoms with Crippen molar-refractivity contribution in [3.63, 3.8) is 0 Å². The van der Waals surface area contributed by atoms with Gasteiger partial charge in [-0.3, -0.25) is 9.69 Å². The molecule has 6 heteroatoms. The van der Waals surface area contributed by atoms with Crippen molar-refractivity contribution in [1.82, 2.24) is 4.90 Å². The number of ether oxygens (including phenoxy) is 1. The molecule has 0 saturated carbocycles. The third-order valence-corrected chi connectivity index (χ3v) is 4.26. The average molecular weight is 332 g/mol. The third-order valence-electron chi connectivity index (χ3n) is 3.52. The van der Waals surface area contributed by atoms with Crippen LogP contribution >= 0.6 is 23.2 Å². The van der Waals surface area contributed by atoms with Gasteiger partial charge in [-0.2, -0.15) is 0 Å². The van der Waals surface area contributed by atoms with Gasteiger partial charge < -0.3 is 9.84 Å². The van der Waals surface area contributed by atoms with Crippen molar-refractivity contribution < 1.29 is 14.6 Å². The van der Waals surface area contributed by atoms with Crippen LogP contribution in [0.3, 0.4) is 0 Å². The minimum absolute atomic E-state index is 0.112. The molecule has 1 aromatic rings. The van der Waals surface area contributed by atoms with Gasteiger partial charge in [-0.25, -0.2) is 0 Å². The van der Waals surface area contributed by atoms with Crippen LogP contribution in [0.25, 0.3) is 0 Å². The number of hydrogen-bond donors (Lipinski definition) is 1. The van der Waals surface area contributed by atoms with Gasteiger partial charge in [-0.05, 0) is 44.5 Å². The molecule has 1 N–H and O–H groups in total. The lowest BCUT2D eigenvalue weighted by Gasteiger charge is -2.32. The van der Waals surface area contributed by atoms with Crippen LogP contribution in [-0.4, -0.2) is 41.7 Å². The molecule has 1 saturated heterocycles. The van der Waals surface area contributed by atoms with E-state index >= 15 is 0 Å². The van der Waals surface area contributed by atoms with Crippen LogP contribution in [0.1, 0.15) is 25.7 Å². The van der Waals surface area contributed by atoms with Gasteiger partial charge in [-0.15, -0.1) is 0 Å². The van der Waals surface area contributed by atoms with E-state index in [9.17, 15) is 4.79 Å². The van der Waals surface area contributed by atoms with Crippen molar-refractivity contribution in [3.8, 4) is 5.75 Å². The molecular formula is C15H19Cl2NO3. The molecule has 0 bridgehead atoms. The van der Waals surface area contributed by atoms with Crippen molar-refractivity contribution >= 4 is 29.2 Å². The molecule has 0 unspecified atom stereocenters. The summed E-state index contributed by atoms with van der Waals surface area (Å²) < 4.78 is 5.95. The van der Waals surface area contributed by atoms with E-state index in [4.69, 9.17) is 33.0 Å². The molecule has 0 spiro atoms. The Morgan fingerprint density at radius 3 is 2.90 bits per heavy atom. The maximum Gasteiger partial charge on any atom is 0.303 e. The zero-order valence-corrected chi connectivity index (χ0v) is 13.2. The summed E-state index contributed by atoms with van der Waals surface area (Å²) in [5.41, 5.74) is 0. The number of likely N-dealkylation sites (tertiary alicyclic amines) is 1. The second-order valence-electron chi connectivity index (χ2n) is 5.26. The smallest absolute Gasteiger partial charge is 0.303 e. The molecule has 116 valence electrons. The summed E-state index contributed by atoms with van der Waals surface area (Å²) in [6.45, 7) is 2.62. The number of hydrogen-bond acceptors (Lipinski definition) is 3. The Bertz CT molecular complexity index is 496. The zero-order chi connectivity index (χ0) is 15.2. The monoisotopic (exact) mass is 331 g/mol. The molecule has 1 fully saturated rings. The number of halogens is 2. The molecule has 0 aromatic heterocycles. The molecule has 0 radical (unpaired) electrons. The van der Waals surface area contributed by atoms with E-state index in [2.05, 4.69) is 4.90 Å². The fourth-order valence-electron chi connectivity index (χ4n) is 2.51. The number of piperidine rings is 1. The topological polar surface area (TPSA) is 49.8 Å². The van der Waals surface area contributed by atoms with Crippen LogP contribution < -0.4 is 4.74 Å². The van der Waals surface area contributed by atoms with E-state index < -0.39 is 5.97 Å². The number of carboxylic acid groups (broad SMARTS) is 1. The largest absolute Gasteiger partial charge is 0.489 e. The highest BCUT2D eigenvalue weighted by Gasteiger charge is 2.21. The SMILES string of the molecule is O=C(O)CCCN1CCC[C@H](Oc2ccc(Cl)c(Cl)c2)C1. The summed E-state index contributed by atoms with van der Waals surface area (Å²) in [5.74, 6) is -0.0163. The van der Waals surface area contributed by atoms with Gasteiger partial charge in [0.25, 0.3) is 0 Å². The van der Waals surface area contributed by atoms with E-state index in [0.29, 0.717) is 16.5 Å². The Morgan fingerprint density at radius 1 is 1.38 bits per heavy atom. The third kappa shape index (κ3) is 5.38. The van der Waals surface area contributed by atoms with Crippen LogP contribution in [0, 0.1) is 0 Å². The molecule has 1 aliphatic rings. The first-order valence-corrected chi connectivity index (χ1v) is 7.86. The maximum absolute atomic E-state index is 10.5. The highest BCUT2D eigenvalue weighted by molar-refractivity contribution is 6.42. The molecule has 2 rings (SSSR count). The molecule has 4 nitrogen and oxygen atoms in total. The van der Waals surface area contributed by atoms with Crippen molar-refractivity contribution in [2.24, 2.45) is 0 Å². The number of aliphatic carboxylic acids is 1. The Balaban J connectivity index is 1.83. The van der Waals surface area contributed by atoms with E-state index in [1.165, 1.54) is 0 Å². The first kappa shape index (κ1) is 16.4. The summed E-state index contributed by atoms with van der Waals surface area (Å²) in [7, 11) is 0. The van der Waals surface area contributed by atoms with Gasteiger partial charge >= 0.3 is 5.97 Å². The highest BCUT2D eigenvalue weighted by Crippen LogP contribution is 2.28. The normalized spacial score (nSPS) is 19.4. The lowest BCUT2D eigenvalue weighted by Crippen LogP contribution is -2.41. The van der Waals surface area contributed by atoms with Crippen LogP contribution in [0.5, 0.6) is 5.75 Å². The number of nitrogens with zero attached hydrogens (tertiary/aromatic N) is 1. The Kier molecular flexibility index (Phi) is 6.15. The summed E-state index contributed by atoms with van der Waals surface area (Å²) in [6, 6.07) is 5.28. The number of carbonyl (C=O) groups is 1. The number of carboxylic acids is 1. The standard InChI is InChI=1S/C15H19Cl2NO3/c16-13-6-5-11(9-14(13)17)21-12-3-1-7-18(10-12)8-2-4-15(19)20/h5-6,9,12H,1-4,7-8,10H2,(H,19,20)/t12-/m0/s1. The molecule has 1 heterocycles. The molecule has 0 aliphatic carbocycles. The minimum Gasteiger partial charge on any atom is -0.489 e. The van der Waals surface area contributed by atoms with Crippen LogP contribution in [0.15, 0.2) is 18.2 Å². The molecule has 1 aliphatic heterocycles.